The van der Waals surface area contributed by atoms with Crippen molar-refractivity contribution in [1.29, 1.82) is 0 Å². The average Bonchev–Trinajstić information content (AvgIpc) is 3.28. The summed E-state index contributed by atoms with van der Waals surface area (Å²) in [5, 5.41) is 11.7. The molecule has 1 aliphatic carbocycles. The fourth-order valence-electron chi connectivity index (χ4n) is 1.94. The molecule has 0 aromatic carbocycles. The minimum absolute atomic E-state index is 0.00837. The van der Waals surface area contributed by atoms with Crippen LogP contribution in [0.15, 0.2) is 18.3 Å². The van der Waals surface area contributed by atoms with Crippen molar-refractivity contribution in [1.82, 2.24) is 10.3 Å². The standard InChI is InChI=1S/C15H20N2O4/c1-3-9(2)21-12-8-11(6-7-16-12)14(18)17-13(15(19)20)10-4-5-10/h6-10,13H,3-5H2,1-2H3,(H,17,18)(H,19,20). The minimum Gasteiger partial charge on any atom is -0.480 e. The Hall–Kier alpha value is -2.11. The van der Waals surface area contributed by atoms with Gasteiger partial charge in [0.2, 0.25) is 5.88 Å². The molecule has 21 heavy (non-hydrogen) atoms. The van der Waals surface area contributed by atoms with Crippen LogP contribution in [-0.2, 0) is 4.79 Å². The zero-order chi connectivity index (χ0) is 15.4. The predicted octanol–water partition coefficient (Wildman–Crippen LogP) is 1.85. The van der Waals surface area contributed by atoms with Crippen molar-refractivity contribution in [3.05, 3.63) is 23.9 Å². The minimum atomic E-state index is -0.990. The predicted molar refractivity (Wildman–Crippen MR) is 76.2 cm³/mol. The number of rotatable bonds is 7. The number of carbonyl (C=O) groups excluding carboxylic acids is 1. The van der Waals surface area contributed by atoms with Gasteiger partial charge in [0.15, 0.2) is 0 Å². The number of carboxylic acids is 1. The first-order valence-corrected chi connectivity index (χ1v) is 7.17. The summed E-state index contributed by atoms with van der Waals surface area (Å²) in [6.07, 6.45) is 4.01. The van der Waals surface area contributed by atoms with Crippen LogP contribution in [0, 0.1) is 5.92 Å². The zero-order valence-electron chi connectivity index (χ0n) is 12.2. The Morgan fingerprint density at radius 1 is 1.52 bits per heavy atom. The van der Waals surface area contributed by atoms with E-state index in [4.69, 9.17) is 9.84 Å². The Morgan fingerprint density at radius 2 is 2.24 bits per heavy atom. The molecule has 0 aliphatic heterocycles. The van der Waals surface area contributed by atoms with E-state index < -0.39 is 17.9 Å². The van der Waals surface area contributed by atoms with E-state index in [0.717, 1.165) is 19.3 Å². The van der Waals surface area contributed by atoms with E-state index in [0.29, 0.717) is 11.4 Å². The second-order valence-corrected chi connectivity index (χ2v) is 5.35. The Balaban J connectivity index is 2.04. The second kappa shape index (κ2) is 6.56. The molecule has 2 N–H and O–H groups in total. The van der Waals surface area contributed by atoms with Crippen molar-refractivity contribution in [3.8, 4) is 5.88 Å². The average molecular weight is 292 g/mol. The van der Waals surface area contributed by atoms with Gasteiger partial charge in [-0.25, -0.2) is 9.78 Å². The van der Waals surface area contributed by atoms with Crippen LogP contribution in [0.5, 0.6) is 5.88 Å². The number of pyridine rings is 1. The molecule has 0 radical (unpaired) electrons. The van der Waals surface area contributed by atoms with Crippen molar-refractivity contribution < 1.29 is 19.4 Å². The molecule has 0 saturated heterocycles. The van der Waals surface area contributed by atoms with E-state index >= 15 is 0 Å². The van der Waals surface area contributed by atoms with E-state index in [2.05, 4.69) is 10.3 Å². The first kappa shape index (κ1) is 15.3. The quantitative estimate of drug-likeness (QED) is 0.800. The molecular weight excluding hydrogens is 272 g/mol. The van der Waals surface area contributed by atoms with Crippen molar-refractivity contribution in [2.24, 2.45) is 5.92 Å². The van der Waals surface area contributed by atoms with Crippen LogP contribution >= 0.6 is 0 Å². The van der Waals surface area contributed by atoms with Gasteiger partial charge in [-0.1, -0.05) is 6.92 Å². The number of amides is 1. The summed E-state index contributed by atoms with van der Waals surface area (Å²) in [6.45, 7) is 3.91. The number of hydrogen-bond acceptors (Lipinski definition) is 4. The number of nitrogens with zero attached hydrogens (tertiary/aromatic N) is 1. The van der Waals surface area contributed by atoms with E-state index in [-0.39, 0.29) is 12.0 Å². The fourth-order valence-corrected chi connectivity index (χ4v) is 1.94. The smallest absolute Gasteiger partial charge is 0.326 e. The summed E-state index contributed by atoms with van der Waals surface area (Å²) in [4.78, 5) is 27.3. The molecule has 0 bridgehead atoms. The van der Waals surface area contributed by atoms with Crippen LogP contribution in [-0.4, -0.2) is 34.1 Å². The van der Waals surface area contributed by atoms with Crippen LogP contribution in [0.1, 0.15) is 43.5 Å². The van der Waals surface area contributed by atoms with Gasteiger partial charge in [0.05, 0.1) is 6.10 Å². The van der Waals surface area contributed by atoms with Crippen molar-refractivity contribution >= 4 is 11.9 Å². The van der Waals surface area contributed by atoms with E-state index in [1.165, 1.54) is 12.3 Å². The number of carboxylic acid groups (broad SMARTS) is 1. The number of aromatic nitrogens is 1. The summed E-state index contributed by atoms with van der Waals surface area (Å²) in [5.41, 5.74) is 0.357. The zero-order valence-corrected chi connectivity index (χ0v) is 12.2. The second-order valence-electron chi connectivity index (χ2n) is 5.35. The number of ether oxygens (including phenoxy) is 1. The molecule has 114 valence electrons. The van der Waals surface area contributed by atoms with Gasteiger partial charge in [0.1, 0.15) is 6.04 Å². The van der Waals surface area contributed by atoms with Crippen LogP contribution in [0.4, 0.5) is 0 Å². The summed E-state index contributed by atoms with van der Waals surface area (Å²) in [6, 6.07) is 2.27. The summed E-state index contributed by atoms with van der Waals surface area (Å²) >= 11 is 0. The molecule has 2 atom stereocenters. The van der Waals surface area contributed by atoms with Gasteiger partial charge in [-0.3, -0.25) is 4.79 Å². The summed E-state index contributed by atoms with van der Waals surface area (Å²) < 4.78 is 5.56. The maximum atomic E-state index is 12.1. The van der Waals surface area contributed by atoms with Gasteiger partial charge < -0.3 is 15.2 Å². The highest BCUT2D eigenvalue weighted by Gasteiger charge is 2.37. The summed E-state index contributed by atoms with van der Waals surface area (Å²) in [7, 11) is 0. The van der Waals surface area contributed by atoms with Crippen molar-refractivity contribution in [2.45, 2.75) is 45.3 Å². The molecule has 1 aliphatic rings. The lowest BCUT2D eigenvalue weighted by atomic mass is 10.1. The maximum absolute atomic E-state index is 12.1. The molecule has 1 aromatic heterocycles. The number of hydrogen-bond donors (Lipinski definition) is 2. The molecule has 1 fully saturated rings. The molecule has 2 unspecified atom stereocenters. The number of carbonyl (C=O) groups is 2. The Kier molecular flexibility index (Phi) is 4.77. The third kappa shape index (κ3) is 4.18. The van der Waals surface area contributed by atoms with Crippen LogP contribution in [0.3, 0.4) is 0 Å². The largest absolute Gasteiger partial charge is 0.480 e. The van der Waals surface area contributed by atoms with Gasteiger partial charge in [-0.15, -0.1) is 0 Å². The molecule has 6 heteroatoms. The highest BCUT2D eigenvalue weighted by Crippen LogP contribution is 2.32. The van der Waals surface area contributed by atoms with Gasteiger partial charge in [0.25, 0.3) is 5.91 Å². The molecule has 0 spiro atoms. The number of aliphatic carboxylic acids is 1. The molecule has 1 aromatic rings. The van der Waals surface area contributed by atoms with Crippen molar-refractivity contribution in [3.63, 3.8) is 0 Å². The lowest BCUT2D eigenvalue weighted by Gasteiger charge is -2.15. The first-order valence-electron chi connectivity index (χ1n) is 7.17. The first-order chi connectivity index (χ1) is 10.0. The SMILES string of the molecule is CCC(C)Oc1cc(C(=O)NC(C(=O)O)C2CC2)ccn1. The Bertz CT molecular complexity index is 528. The molecular formula is C15H20N2O4. The van der Waals surface area contributed by atoms with E-state index in [1.807, 2.05) is 13.8 Å². The maximum Gasteiger partial charge on any atom is 0.326 e. The third-order valence-corrected chi connectivity index (χ3v) is 3.54. The molecule has 2 rings (SSSR count). The van der Waals surface area contributed by atoms with Gasteiger partial charge >= 0.3 is 5.97 Å². The van der Waals surface area contributed by atoms with Crippen LogP contribution < -0.4 is 10.1 Å². The fraction of sp³-hybridized carbons (Fsp3) is 0.533. The Labute approximate surface area is 123 Å². The van der Waals surface area contributed by atoms with Crippen molar-refractivity contribution in [2.75, 3.05) is 0 Å². The molecule has 1 amide bonds. The molecule has 1 saturated carbocycles. The lowest BCUT2D eigenvalue weighted by molar-refractivity contribution is -0.139. The normalized spacial score (nSPS) is 16.9. The van der Waals surface area contributed by atoms with Crippen LogP contribution in [0.2, 0.25) is 0 Å². The van der Waals surface area contributed by atoms with Gasteiger partial charge in [0, 0.05) is 17.8 Å². The topological polar surface area (TPSA) is 88.5 Å². The molecule has 1 heterocycles. The number of nitrogens with one attached hydrogen (secondary N) is 1. The van der Waals surface area contributed by atoms with Gasteiger partial charge in [-0.05, 0) is 38.2 Å². The molecule has 6 nitrogen and oxygen atoms in total. The highest BCUT2D eigenvalue weighted by molar-refractivity contribution is 5.96. The lowest BCUT2D eigenvalue weighted by Crippen LogP contribution is -2.42. The van der Waals surface area contributed by atoms with Crippen LogP contribution in [0.25, 0.3) is 0 Å². The van der Waals surface area contributed by atoms with E-state index in [1.54, 1.807) is 6.07 Å². The van der Waals surface area contributed by atoms with E-state index in [9.17, 15) is 9.59 Å². The highest BCUT2D eigenvalue weighted by atomic mass is 16.5. The Morgan fingerprint density at radius 3 is 2.81 bits per heavy atom. The summed E-state index contributed by atoms with van der Waals surface area (Å²) in [5.74, 6) is -0.985. The van der Waals surface area contributed by atoms with Gasteiger partial charge in [-0.2, -0.15) is 0 Å². The monoisotopic (exact) mass is 292 g/mol. The third-order valence-electron chi connectivity index (χ3n) is 3.54.